The van der Waals surface area contributed by atoms with Crippen molar-refractivity contribution in [2.75, 3.05) is 13.1 Å². The van der Waals surface area contributed by atoms with Gasteiger partial charge in [-0.25, -0.2) is 4.98 Å². The van der Waals surface area contributed by atoms with Crippen LogP contribution in [0.1, 0.15) is 40.0 Å². The van der Waals surface area contributed by atoms with E-state index in [9.17, 15) is 4.79 Å². The van der Waals surface area contributed by atoms with Crippen molar-refractivity contribution in [3.63, 3.8) is 0 Å². The van der Waals surface area contributed by atoms with E-state index in [4.69, 9.17) is 4.42 Å². The highest BCUT2D eigenvalue weighted by atomic mass is 16.3. The van der Waals surface area contributed by atoms with Crippen molar-refractivity contribution in [2.24, 2.45) is 0 Å². The Morgan fingerprint density at radius 3 is 2.74 bits per heavy atom. The molecule has 0 saturated carbocycles. The molecular formula is C25H28N4O2. The average Bonchev–Trinajstić information content (AvgIpc) is 3.41. The van der Waals surface area contributed by atoms with Gasteiger partial charge in [0.1, 0.15) is 6.26 Å². The Morgan fingerprint density at radius 2 is 1.94 bits per heavy atom. The minimum absolute atomic E-state index is 0.207. The lowest BCUT2D eigenvalue weighted by atomic mass is 10.1. The molecule has 160 valence electrons. The molecule has 0 saturated heterocycles. The first-order chi connectivity index (χ1) is 15.1. The van der Waals surface area contributed by atoms with E-state index in [0.717, 1.165) is 25.0 Å². The molecule has 4 rings (SSSR count). The second kappa shape index (κ2) is 9.62. The number of nitrogens with one attached hydrogen (secondary N) is 2. The summed E-state index contributed by atoms with van der Waals surface area (Å²) >= 11 is 0. The zero-order chi connectivity index (χ0) is 21.6. The van der Waals surface area contributed by atoms with Crippen LogP contribution in [-0.4, -0.2) is 33.9 Å². The van der Waals surface area contributed by atoms with Gasteiger partial charge in [-0.1, -0.05) is 48.0 Å². The van der Waals surface area contributed by atoms with Crippen molar-refractivity contribution in [2.45, 2.75) is 33.4 Å². The highest BCUT2D eigenvalue weighted by Crippen LogP contribution is 2.19. The summed E-state index contributed by atoms with van der Waals surface area (Å²) in [5, 5.41) is 4.01. The third-order valence-electron chi connectivity index (χ3n) is 5.38. The number of benzene rings is 2. The molecule has 6 nitrogen and oxygen atoms in total. The Bertz CT molecular complexity index is 1140. The van der Waals surface area contributed by atoms with Crippen molar-refractivity contribution in [3.8, 4) is 0 Å². The lowest BCUT2D eigenvalue weighted by molar-refractivity contribution is 0.0950. The van der Waals surface area contributed by atoms with Gasteiger partial charge in [0.2, 0.25) is 5.89 Å². The van der Waals surface area contributed by atoms with Crippen LogP contribution >= 0.6 is 0 Å². The van der Waals surface area contributed by atoms with E-state index in [0.29, 0.717) is 24.7 Å². The second-order valence-electron chi connectivity index (χ2n) is 7.79. The molecule has 1 amide bonds. The number of hydrogen-bond donors (Lipinski definition) is 2. The normalized spacial score (nSPS) is 11.3. The van der Waals surface area contributed by atoms with Gasteiger partial charge < -0.3 is 14.7 Å². The average molecular weight is 417 g/mol. The zero-order valence-electron chi connectivity index (χ0n) is 18.0. The molecule has 2 N–H and O–H groups in total. The number of aromatic amines is 1. The van der Waals surface area contributed by atoms with Gasteiger partial charge in [0, 0.05) is 36.7 Å². The van der Waals surface area contributed by atoms with Crippen LogP contribution in [0.3, 0.4) is 0 Å². The summed E-state index contributed by atoms with van der Waals surface area (Å²) in [5.74, 6) is 0.341. The van der Waals surface area contributed by atoms with Crippen molar-refractivity contribution in [1.29, 1.82) is 0 Å². The molecular weight excluding hydrogens is 388 g/mol. The first-order valence-corrected chi connectivity index (χ1v) is 10.7. The van der Waals surface area contributed by atoms with Gasteiger partial charge in [0.25, 0.3) is 5.91 Å². The molecule has 0 unspecified atom stereocenters. The number of H-pyrrole nitrogens is 1. The number of para-hydroxylation sites is 1. The predicted molar refractivity (Wildman–Crippen MR) is 122 cm³/mol. The molecule has 0 aliphatic carbocycles. The highest BCUT2D eigenvalue weighted by molar-refractivity contribution is 5.91. The Labute approximate surface area is 182 Å². The number of hydrogen-bond acceptors (Lipinski definition) is 4. The van der Waals surface area contributed by atoms with Gasteiger partial charge in [0.05, 0.1) is 6.54 Å². The molecule has 2 aromatic heterocycles. The molecule has 0 radical (unpaired) electrons. The van der Waals surface area contributed by atoms with E-state index in [1.54, 1.807) is 0 Å². The molecule has 4 aromatic rings. The summed E-state index contributed by atoms with van der Waals surface area (Å²) in [6.07, 6.45) is 4.43. The third-order valence-corrected chi connectivity index (χ3v) is 5.38. The molecule has 0 atom stereocenters. The lowest BCUT2D eigenvalue weighted by Crippen LogP contribution is -2.26. The minimum Gasteiger partial charge on any atom is -0.447 e. The topological polar surface area (TPSA) is 74.2 Å². The summed E-state index contributed by atoms with van der Waals surface area (Å²) in [5.41, 5.74) is 5.25. The van der Waals surface area contributed by atoms with E-state index in [1.165, 1.54) is 28.3 Å². The number of aryl methyl sites for hydroxylation is 1. The fraction of sp³-hybridized carbons (Fsp3) is 0.280. The maximum Gasteiger partial charge on any atom is 0.273 e. The van der Waals surface area contributed by atoms with E-state index >= 15 is 0 Å². The van der Waals surface area contributed by atoms with Gasteiger partial charge in [0.15, 0.2) is 5.69 Å². The Kier molecular flexibility index (Phi) is 6.48. The number of rotatable bonds is 9. The number of amides is 1. The zero-order valence-corrected chi connectivity index (χ0v) is 18.0. The van der Waals surface area contributed by atoms with Crippen LogP contribution in [0.4, 0.5) is 0 Å². The Morgan fingerprint density at radius 1 is 1.13 bits per heavy atom. The number of carbonyl (C=O) groups excluding carboxylic acids is 1. The van der Waals surface area contributed by atoms with E-state index in [-0.39, 0.29) is 5.91 Å². The largest absolute Gasteiger partial charge is 0.447 e. The number of carbonyl (C=O) groups is 1. The molecule has 0 aliphatic heterocycles. The van der Waals surface area contributed by atoms with Crippen LogP contribution in [0.2, 0.25) is 0 Å². The quantitative estimate of drug-likeness (QED) is 0.422. The van der Waals surface area contributed by atoms with Gasteiger partial charge >= 0.3 is 0 Å². The molecule has 0 spiro atoms. The number of aromatic nitrogens is 2. The van der Waals surface area contributed by atoms with Crippen LogP contribution < -0.4 is 5.32 Å². The maximum absolute atomic E-state index is 12.0. The van der Waals surface area contributed by atoms with Crippen molar-refractivity contribution in [3.05, 3.63) is 89.3 Å². The molecule has 0 fully saturated rings. The standard InChI is InChI=1S/C25H28N4O2/c1-3-26-25(30)23-17-31-24(28-23)16-29(15-19-10-8-18(2)9-11-19)13-12-20-14-27-22-7-5-4-6-21(20)22/h4-11,14,17,27H,3,12-13,15-16H2,1-2H3,(H,26,30). The van der Waals surface area contributed by atoms with Gasteiger partial charge in [-0.2, -0.15) is 0 Å². The molecule has 6 heteroatoms. The lowest BCUT2D eigenvalue weighted by Gasteiger charge is -2.21. The minimum atomic E-state index is -0.207. The number of nitrogens with zero attached hydrogens (tertiary/aromatic N) is 2. The molecule has 2 heterocycles. The Balaban J connectivity index is 1.49. The summed E-state index contributed by atoms with van der Waals surface area (Å²) in [6, 6.07) is 16.9. The highest BCUT2D eigenvalue weighted by Gasteiger charge is 2.16. The number of oxazole rings is 1. The van der Waals surface area contributed by atoms with Crippen molar-refractivity contribution >= 4 is 16.8 Å². The van der Waals surface area contributed by atoms with E-state index in [2.05, 4.69) is 75.8 Å². The predicted octanol–water partition coefficient (Wildman–Crippen LogP) is 4.46. The summed E-state index contributed by atoms with van der Waals surface area (Å²) in [4.78, 5) is 22.1. The summed E-state index contributed by atoms with van der Waals surface area (Å²) < 4.78 is 5.61. The van der Waals surface area contributed by atoms with Crippen LogP contribution in [0.5, 0.6) is 0 Å². The molecule has 31 heavy (non-hydrogen) atoms. The van der Waals surface area contributed by atoms with E-state index < -0.39 is 0 Å². The SMILES string of the molecule is CCNC(=O)c1coc(CN(CCc2c[nH]c3ccccc23)Cc2ccc(C)cc2)n1. The molecule has 2 aromatic carbocycles. The van der Waals surface area contributed by atoms with Crippen molar-refractivity contribution in [1.82, 2.24) is 20.2 Å². The van der Waals surface area contributed by atoms with Crippen LogP contribution in [0.25, 0.3) is 10.9 Å². The summed E-state index contributed by atoms with van der Waals surface area (Å²) in [6.45, 7) is 6.69. The van der Waals surface area contributed by atoms with Crippen LogP contribution in [-0.2, 0) is 19.5 Å². The molecule has 0 bridgehead atoms. The second-order valence-corrected chi connectivity index (χ2v) is 7.79. The third kappa shape index (κ3) is 5.22. The van der Waals surface area contributed by atoms with Gasteiger partial charge in [-0.15, -0.1) is 0 Å². The monoisotopic (exact) mass is 416 g/mol. The van der Waals surface area contributed by atoms with Crippen molar-refractivity contribution < 1.29 is 9.21 Å². The van der Waals surface area contributed by atoms with Gasteiger partial charge in [-0.3, -0.25) is 9.69 Å². The van der Waals surface area contributed by atoms with Crippen LogP contribution in [0.15, 0.2) is 65.4 Å². The van der Waals surface area contributed by atoms with Gasteiger partial charge in [-0.05, 0) is 37.5 Å². The summed E-state index contributed by atoms with van der Waals surface area (Å²) in [7, 11) is 0. The smallest absolute Gasteiger partial charge is 0.273 e. The fourth-order valence-corrected chi connectivity index (χ4v) is 3.71. The Hall–Kier alpha value is -3.38. The fourth-order valence-electron chi connectivity index (χ4n) is 3.71. The number of fused-ring (bicyclic) bond motifs is 1. The molecule has 0 aliphatic rings. The first kappa shape index (κ1) is 20.9. The van der Waals surface area contributed by atoms with Crippen LogP contribution in [0, 0.1) is 6.92 Å². The van der Waals surface area contributed by atoms with E-state index in [1.807, 2.05) is 13.0 Å². The maximum atomic E-state index is 12.0. The first-order valence-electron chi connectivity index (χ1n) is 10.7.